The Balaban J connectivity index is 2.24. The molecule has 1 saturated heterocycles. The van der Waals surface area contributed by atoms with Gasteiger partial charge in [-0.1, -0.05) is 0 Å². The molecule has 0 bridgehead atoms. The fraction of sp³-hybridized carbons (Fsp3) is 1.00. The molecule has 47 valence electrons. The molecule has 1 radical (unpaired) electrons. The van der Waals surface area contributed by atoms with Crippen molar-refractivity contribution >= 4 is 0 Å². The van der Waals surface area contributed by atoms with Crippen molar-refractivity contribution in [3.63, 3.8) is 0 Å². The fourth-order valence-corrected chi connectivity index (χ4v) is 1.04. The molecule has 1 N–H and O–H groups in total. The van der Waals surface area contributed by atoms with Gasteiger partial charge in [-0.25, -0.2) is 5.32 Å². The summed E-state index contributed by atoms with van der Waals surface area (Å²) in [6.07, 6.45) is 2.02. The van der Waals surface area contributed by atoms with Crippen molar-refractivity contribution < 1.29 is 5.11 Å². The Morgan fingerprint density at radius 2 is 2.50 bits per heavy atom. The van der Waals surface area contributed by atoms with Crippen LogP contribution in [-0.4, -0.2) is 23.8 Å². The summed E-state index contributed by atoms with van der Waals surface area (Å²) in [5, 5.41) is 13.1. The summed E-state index contributed by atoms with van der Waals surface area (Å²) in [4.78, 5) is 0. The normalized spacial score (nSPS) is 33.0. The van der Waals surface area contributed by atoms with Crippen LogP contribution in [0.5, 0.6) is 0 Å². The van der Waals surface area contributed by atoms with E-state index in [2.05, 4.69) is 5.32 Å². The van der Waals surface area contributed by atoms with Gasteiger partial charge in [0.2, 0.25) is 0 Å². The summed E-state index contributed by atoms with van der Waals surface area (Å²) in [6.45, 7) is 2.76. The zero-order valence-electron chi connectivity index (χ0n) is 5.17. The SMILES string of the molecule is CC(O)C1CCC[N]1. The van der Waals surface area contributed by atoms with Crippen molar-refractivity contribution in [2.45, 2.75) is 31.9 Å². The molecule has 2 nitrogen and oxygen atoms in total. The molecule has 0 aromatic heterocycles. The van der Waals surface area contributed by atoms with E-state index >= 15 is 0 Å². The van der Waals surface area contributed by atoms with Crippen LogP contribution in [0.1, 0.15) is 19.8 Å². The molecule has 0 spiro atoms. The van der Waals surface area contributed by atoms with Gasteiger partial charge in [0.1, 0.15) is 0 Å². The molecule has 1 aliphatic heterocycles. The molecule has 2 unspecified atom stereocenters. The summed E-state index contributed by atoms with van der Waals surface area (Å²) in [5.41, 5.74) is 0. The lowest BCUT2D eigenvalue weighted by molar-refractivity contribution is 0.153. The van der Waals surface area contributed by atoms with Crippen molar-refractivity contribution in [2.24, 2.45) is 0 Å². The van der Waals surface area contributed by atoms with Crippen LogP contribution in [-0.2, 0) is 0 Å². The molecule has 8 heavy (non-hydrogen) atoms. The molecule has 1 aliphatic rings. The molecule has 0 aromatic rings. The highest BCUT2D eigenvalue weighted by molar-refractivity contribution is 4.77. The lowest BCUT2D eigenvalue weighted by Crippen LogP contribution is -2.27. The van der Waals surface area contributed by atoms with Crippen molar-refractivity contribution in [3.8, 4) is 0 Å². The van der Waals surface area contributed by atoms with Crippen molar-refractivity contribution in [2.75, 3.05) is 6.54 Å². The van der Waals surface area contributed by atoms with E-state index in [-0.39, 0.29) is 12.1 Å². The van der Waals surface area contributed by atoms with E-state index in [1.807, 2.05) is 0 Å². The molecule has 0 aromatic carbocycles. The number of hydrogen-bond donors (Lipinski definition) is 1. The second-order valence-electron chi connectivity index (χ2n) is 2.36. The summed E-state index contributed by atoms with van der Waals surface area (Å²) in [5.74, 6) is 0. The van der Waals surface area contributed by atoms with Gasteiger partial charge in [-0.15, -0.1) is 0 Å². The van der Waals surface area contributed by atoms with Gasteiger partial charge in [-0.2, -0.15) is 0 Å². The molecule has 2 heteroatoms. The van der Waals surface area contributed by atoms with Crippen LogP contribution in [0, 0.1) is 0 Å². The number of aliphatic hydroxyl groups excluding tert-OH is 1. The monoisotopic (exact) mass is 114 g/mol. The number of hydrogen-bond acceptors (Lipinski definition) is 1. The van der Waals surface area contributed by atoms with Crippen LogP contribution in [0.25, 0.3) is 0 Å². The Hall–Kier alpha value is -0.0800. The van der Waals surface area contributed by atoms with E-state index in [1.54, 1.807) is 6.92 Å². The zero-order valence-corrected chi connectivity index (χ0v) is 5.17. The average molecular weight is 114 g/mol. The van der Waals surface area contributed by atoms with Gasteiger partial charge in [0, 0.05) is 6.54 Å². The topological polar surface area (TPSA) is 34.3 Å². The highest BCUT2D eigenvalue weighted by Gasteiger charge is 2.19. The zero-order chi connectivity index (χ0) is 5.98. The fourth-order valence-electron chi connectivity index (χ4n) is 1.04. The van der Waals surface area contributed by atoms with Crippen LogP contribution in [0.4, 0.5) is 0 Å². The molecule has 1 heterocycles. The third-order valence-corrected chi connectivity index (χ3v) is 1.58. The molecule has 0 aliphatic carbocycles. The predicted octanol–water partition coefficient (Wildman–Crippen LogP) is 0.134. The first kappa shape index (κ1) is 6.05. The summed E-state index contributed by atoms with van der Waals surface area (Å²) in [7, 11) is 0. The predicted molar refractivity (Wildman–Crippen MR) is 31.7 cm³/mol. The standard InChI is InChI=1S/C6H12NO/c1-5(8)6-3-2-4-7-6/h5-6,8H,2-4H2,1H3. The largest absolute Gasteiger partial charge is 0.392 e. The third-order valence-electron chi connectivity index (χ3n) is 1.58. The average Bonchev–Trinajstić information content (AvgIpc) is 2.12. The van der Waals surface area contributed by atoms with E-state index in [9.17, 15) is 0 Å². The first-order chi connectivity index (χ1) is 3.80. The molecule has 0 saturated carbocycles. The molecule has 1 fully saturated rings. The molecule has 0 amide bonds. The summed E-state index contributed by atoms with van der Waals surface area (Å²) >= 11 is 0. The van der Waals surface area contributed by atoms with Gasteiger partial charge in [0.05, 0.1) is 12.1 Å². The maximum absolute atomic E-state index is 8.96. The highest BCUT2D eigenvalue weighted by Crippen LogP contribution is 2.09. The van der Waals surface area contributed by atoms with Crippen LogP contribution < -0.4 is 5.32 Å². The minimum Gasteiger partial charge on any atom is -0.392 e. The highest BCUT2D eigenvalue weighted by atomic mass is 16.3. The van der Waals surface area contributed by atoms with E-state index in [0.29, 0.717) is 0 Å². The van der Waals surface area contributed by atoms with Gasteiger partial charge in [-0.3, -0.25) is 0 Å². The van der Waals surface area contributed by atoms with E-state index in [0.717, 1.165) is 19.4 Å². The Morgan fingerprint density at radius 1 is 1.75 bits per heavy atom. The maximum atomic E-state index is 8.96. The second-order valence-corrected chi connectivity index (χ2v) is 2.36. The Bertz CT molecular complexity index is 66.9. The molecular weight excluding hydrogens is 102 g/mol. The summed E-state index contributed by atoms with van der Waals surface area (Å²) in [6, 6.07) is 0.245. The van der Waals surface area contributed by atoms with Gasteiger partial charge in [0.15, 0.2) is 0 Å². The van der Waals surface area contributed by atoms with Crippen LogP contribution in [0.15, 0.2) is 0 Å². The summed E-state index contributed by atoms with van der Waals surface area (Å²) < 4.78 is 0. The first-order valence-electron chi connectivity index (χ1n) is 3.15. The number of aliphatic hydroxyl groups is 1. The van der Waals surface area contributed by atoms with Gasteiger partial charge in [-0.05, 0) is 19.8 Å². The minimum absolute atomic E-state index is 0.225. The maximum Gasteiger partial charge on any atom is 0.0681 e. The smallest absolute Gasteiger partial charge is 0.0681 e. The van der Waals surface area contributed by atoms with Crippen molar-refractivity contribution in [1.82, 2.24) is 5.32 Å². The molecular formula is C6H12NO. The number of rotatable bonds is 1. The van der Waals surface area contributed by atoms with Crippen LogP contribution in [0.2, 0.25) is 0 Å². The molecule has 2 atom stereocenters. The van der Waals surface area contributed by atoms with Crippen LogP contribution in [0.3, 0.4) is 0 Å². The lowest BCUT2D eigenvalue weighted by atomic mass is 10.1. The van der Waals surface area contributed by atoms with Crippen molar-refractivity contribution in [1.29, 1.82) is 0 Å². The van der Waals surface area contributed by atoms with Crippen LogP contribution >= 0.6 is 0 Å². The Labute approximate surface area is 49.9 Å². The Morgan fingerprint density at radius 3 is 2.75 bits per heavy atom. The van der Waals surface area contributed by atoms with E-state index in [1.165, 1.54) is 0 Å². The quantitative estimate of drug-likeness (QED) is 0.516. The van der Waals surface area contributed by atoms with Gasteiger partial charge >= 0.3 is 0 Å². The lowest BCUT2D eigenvalue weighted by Gasteiger charge is -2.09. The first-order valence-corrected chi connectivity index (χ1v) is 3.15. The second kappa shape index (κ2) is 2.46. The minimum atomic E-state index is -0.225. The number of nitrogens with zero attached hydrogens (tertiary/aromatic N) is 1. The third kappa shape index (κ3) is 1.20. The van der Waals surface area contributed by atoms with Gasteiger partial charge < -0.3 is 5.11 Å². The Kier molecular flexibility index (Phi) is 1.86. The van der Waals surface area contributed by atoms with Gasteiger partial charge in [0.25, 0.3) is 0 Å². The van der Waals surface area contributed by atoms with E-state index < -0.39 is 0 Å². The van der Waals surface area contributed by atoms with E-state index in [4.69, 9.17) is 5.11 Å². The molecule has 1 rings (SSSR count). The van der Waals surface area contributed by atoms with Crippen molar-refractivity contribution in [3.05, 3.63) is 0 Å².